The lowest BCUT2D eigenvalue weighted by Gasteiger charge is -2.23. The third-order valence-electron chi connectivity index (χ3n) is 3.44. The van der Waals surface area contributed by atoms with E-state index in [4.69, 9.17) is 14.5 Å². The van der Waals surface area contributed by atoms with Crippen LogP contribution in [0.2, 0.25) is 0 Å². The summed E-state index contributed by atoms with van der Waals surface area (Å²) in [4.78, 5) is 9.37. The first-order valence-corrected chi connectivity index (χ1v) is 8.12. The molecule has 0 saturated carbocycles. The minimum Gasteiger partial charge on any atom is -0.378 e. The van der Waals surface area contributed by atoms with Crippen LogP contribution in [0.4, 0.5) is 5.82 Å². The topological polar surface area (TPSA) is 56.3 Å². The molecule has 1 N–H and O–H groups in total. The molecule has 1 aliphatic rings. The molecule has 0 radical (unpaired) electrons. The fourth-order valence-corrected chi connectivity index (χ4v) is 2.87. The number of ether oxygens (including phenoxy) is 2. The Morgan fingerprint density at radius 3 is 2.85 bits per heavy atom. The fourth-order valence-electron chi connectivity index (χ4n) is 2.28. The van der Waals surface area contributed by atoms with Gasteiger partial charge in [0, 0.05) is 20.3 Å². The van der Waals surface area contributed by atoms with E-state index < -0.39 is 0 Å². The maximum absolute atomic E-state index is 5.86. The lowest BCUT2D eigenvalue weighted by atomic mass is 10.0. The van der Waals surface area contributed by atoms with Gasteiger partial charge in [-0.1, -0.05) is 6.92 Å². The van der Waals surface area contributed by atoms with Crippen LogP contribution in [0.3, 0.4) is 0 Å². The highest BCUT2D eigenvalue weighted by Crippen LogP contribution is 2.35. The van der Waals surface area contributed by atoms with E-state index in [2.05, 4.69) is 46.7 Å². The van der Waals surface area contributed by atoms with Gasteiger partial charge in [-0.25, -0.2) is 9.97 Å². The van der Waals surface area contributed by atoms with E-state index in [0.29, 0.717) is 6.61 Å². The van der Waals surface area contributed by atoms with Gasteiger partial charge in [0.05, 0.1) is 15.9 Å². The first-order valence-electron chi connectivity index (χ1n) is 7.04. The Hall–Kier alpha value is -0.470. The van der Waals surface area contributed by atoms with Gasteiger partial charge in [0.15, 0.2) is 5.82 Å². The summed E-state index contributed by atoms with van der Waals surface area (Å²) in [6.07, 6.45) is 3.08. The summed E-state index contributed by atoms with van der Waals surface area (Å²) in [5, 5.41) is 3.37. The molecule has 1 fully saturated rings. The molecule has 112 valence electrons. The molecule has 5 nitrogen and oxygen atoms in total. The van der Waals surface area contributed by atoms with Crippen molar-refractivity contribution in [2.24, 2.45) is 0 Å². The van der Waals surface area contributed by atoms with Crippen molar-refractivity contribution in [3.63, 3.8) is 0 Å². The Kier molecular flexibility index (Phi) is 5.57. The molecule has 1 atom stereocenters. The lowest BCUT2D eigenvalue weighted by Crippen LogP contribution is -2.25. The zero-order valence-electron chi connectivity index (χ0n) is 12.3. The molecule has 1 aromatic heterocycles. The van der Waals surface area contributed by atoms with Gasteiger partial charge in [0.2, 0.25) is 0 Å². The van der Waals surface area contributed by atoms with Crippen molar-refractivity contribution in [3.05, 3.63) is 15.1 Å². The Morgan fingerprint density at radius 2 is 2.25 bits per heavy atom. The van der Waals surface area contributed by atoms with E-state index in [1.165, 1.54) is 0 Å². The van der Waals surface area contributed by atoms with Crippen molar-refractivity contribution >= 4 is 28.4 Å². The molecule has 0 bridgehead atoms. The third-order valence-corrected chi connectivity index (χ3v) is 4.57. The number of nitrogens with one attached hydrogen (secondary N) is 1. The molecule has 6 heteroatoms. The molecule has 1 saturated heterocycles. The zero-order chi connectivity index (χ0) is 14.6. The minimum atomic E-state index is -0.366. The predicted octanol–water partition coefficient (Wildman–Crippen LogP) is 3.08. The van der Waals surface area contributed by atoms with E-state index in [0.717, 1.165) is 53.3 Å². The smallest absolute Gasteiger partial charge is 0.162 e. The second-order valence-electron chi connectivity index (χ2n) is 5.20. The molecule has 1 unspecified atom stereocenters. The Balaban J connectivity index is 2.38. The molecular weight excluding hydrogens is 369 g/mol. The highest BCUT2D eigenvalue weighted by Gasteiger charge is 2.35. The van der Waals surface area contributed by atoms with Crippen LogP contribution in [-0.2, 0) is 21.7 Å². The number of methoxy groups -OCH3 is 1. The number of anilines is 1. The van der Waals surface area contributed by atoms with Gasteiger partial charge in [-0.05, 0) is 48.8 Å². The highest BCUT2D eigenvalue weighted by atomic mass is 127. The number of halogens is 1. The van der Waals surface area contributed by atoms with Crippen LogP contribution in [0.25, 0.3) is 0 Å². The van der Waals surface area contributed by atoms with Gasteiger partial charge in [0.25, 0.3) is 0 Å². The summed E-state index contributed by atoms with van der Waals surface area (Å²) in [7, 11) is 1.69. The molecule has 1 aliphatic heterocycles. The highest BCUT2D eigenvalue weighted by molar-refractivity contribution is 14.1. The summed E-state index contributed by atoms with van der Waals surface area (Å²) < 4.78 is 12.1. The summed E-state index contributed by atoms with van der Waals surface area (Å²) >= 11 is 2.28. The van der Waals surface area contributed by atoms with Gasteiger partial charge < -0.3 is 14.8 Å². The summed E-state index contributed by atoms with van der Waals surface area (Å²) in [6.45, 7) is 6.38. The SMILES string of the molecule is CCCNc1nc(C2(C)CCCO2)nc(COC)c1I. The molecule has 0 aromatic carbocycles. The first-order chi connectivity index (χ1) is 9.60. The lowest BCUT2D eigenvalue weighted by molar-refractivity contribution is 0.00894. The van der Waals surface area contributed by atoms with Crippen LogP contribution in [0.5, 0.6) is 0 Å². The van der Waals surface area contributed by atoms with Crippen LogP contribution in [0, 0.1) is 3.57 Å². The van der Waals surface area contributed by atoms with E-state index >= 15 is 0 Å². The van der Waals surface area contributed by atoms with Gasteiger partial charge in [0.1, 0.15) is 11.4 Å². The number of aromatic nitrogens is 2. The largest absolute Gasteiger partial charge is 0.378 e. The second kappa shape index (κ2) is 7.00. The number of hydrogen-bond acceptors (Lipinski definition) is 5. The quantitative estimate of drug-likeness (QED) is 0.756. The molecular formula is C14H22IN3O2. The van der Waals surface area contributed by atoms with Crippen LogP contribution in [0.15, 0.2) is 0 Å². The first kappa shape index (κ1) is 15.9. The van der Waals surface area contributed by atoms with E-state index in [-0.39, 0.29) is 5.60 Å². The van der Waals surface area contributed by atoms with Gasteiger partial charge in [-0.2, -0.15) is 0 Å². The molecule has 0 amide bonds. The molecule has 0 aliphatic carbocycles. The van der Waals surface area contributed by atoms with Crippen molar-refractivity contribution in [2.75, 3.05) is 25.6 Å². The number of rotatable bonds is 6. The van der Waals surface area contributed by atoms with Gasteiger partial charge >= 0.3 is 0 Å². The van der Waals surface area contributed by atoms with Gasteiger partial charge in [-0.15, -0.1) is 0 Å². The minimum absolute atomic E-state index is 0.366. The summed E-state index contributed by atoms with van der Waals surface area (Å²) in [6, 6.07) is 0. The molecule has 1 aromatic rings. The summed E-state index contributed by atoms with van der Waals surface area (Å²) in [5.74, 6) is 1.65. The Labute approximate surface area is 134 Å². The molecule has 20 heavy (non-hydrogen) atoms. The molecule has 2 rings (SSSR count). The number of nitrogens with zero attached hydrogens (tertiary/aromatic N) is 2. The summed E-state index contributed by atoms with van der Waals surface area (Å²) in [5.41, 5.74) is 0.559. The standard InChI is InChI=1S/C14H22IN3O2/c1-4-7-16-12-11(15)10(9-19-3)17-13(18-12)14(2)6-5-8-20-14/h4-9H2,1-3H3,(H,16,17,18). The van der Waals surface area contributed by atoms with Crippen LogP contribution >= 0.6 is 22.6 Å². The number of hydrogen-bond donors (Lipinski definition) is 1. The van der Waals surface area contributed by atoms with Crippen LogP contribution in [0.1, 0.15) is 44.6 Å². The fraction of sp³-hybridized carbons (Fsp3) is 0.714. The van der Waals surface area contributed by atoms with Gasteiger partial charge in [-0.3, -0.25) is 0 Å². The Bertz CT molecular complexity index is 462. The monoisotopic (exact) mass is 391 g/mol. The van der Waals surface area contributed by atoms with Crippen molar-refractivity contribution in [1.29, 1.82) is 0 Å². The van der Waals surface area contributed by atoms with E-state index in [9.17, 15) is 0 Å². The third kappa shape index (κ3) is 3.40. The average molecular weight is 391 g/mol. The van der Waals surface area contributed by atoms with Crippen molar-refractivity contribution in [1.82, 2.24) is 9.97 Å². The van der Waals surface area contributed by atoms with Crippen LogP contribution < -0.4 is 5.32 Å². The maximum Gasteiger partial charge on any atom is 0.162 e. The average Bonchev–Trinajstić information content (AvgIpc) is 2.88. The second-order valence-corrected chi connectivity index (χ2v) is 6.28. The maximum atomic E-state index is 5.86. The van der Waals surface area contributed by atoms with Crippen molar-refractivity contribution in [3.8, 4) is 0 Å². The predicted molar refractivity (Wildman–Crippen MR) is 86.8 cm³/mol. The molecule has 0 spiro atoms. The van der Waals surface area contributed by atoms with Crippen molar-refractivity contribution < 1.29 is 9.47 Å². The van der Waals surface area contributed by atoms with E-state index in [1.807, 2.05) is 0 Å². The van der Waals surface area contributed by atoms with Crippen molar-refractivity contribution in [2.45, 2.75) is 45.3 Å². The van der Waals surface area contributed by atoms with E-state index in [1.54, 1.807) is 7.11 Å². The Morgan fingerprint density at radius 1 is 1.45 bits per heavy atom. The van der Waals surface area contributed by atoms with Crippen LogP contribution in [-0.4, -0.2) is 30.2 Å². The molecule has 2 heterocycles. The zero-order valence-corrected chi connectivity index (χ0v) is 14.5. The normalized spacial score (nSPS) is 22.2.